The lowest BCUT2D eigenvalue weighted by Crippen LogP contribution is -2.43. The summed E-state index contributed by atoms with van der Waals surface area (Å²) in [6, 6.07) is 0. The van der Waals surface area contributed by atoms with Gasteiger partial charge in [0.25, 0.3) is 0 Å². The highest BCUT2D eigenvalue weighted by atomic mass is 19.4. The van der Waals surface area contributed by atoms with Crippen LogP contribution in [0, 0.1) is 0 Å². The molecule has 9 nitrogen and oxygen atoms in total. The monoisotopic (exact) mass is 369 g/mol. The summed E-state index contributed by atoms with van der Waals surface area (Å²) in [6.45, 7) is 1.17. The van der Waals surface area contributed by atoms with Crippen molar-refractivity contribution < 1.29 is 32.3 Å². The minimum absolute atomic E-state index is 0.0788. The van der Waals surface area contributed by atoms with Gasteiger partial charge in [0.2, 0.25) is 18.7 Å². The van der Waals surface area contributed by atoms with Gasteiger partial charge < -0.3 is 21.3 Å². The van der Waals surface area contributed by atoms with E-state index in [4.69, 9.17) is 0 Å². The summed E-state index contributed by atoms with van der Waals surface area (Å²) in [5.41, 5.74) is 0. The molecule has 25 heavy (non-hydrogen) atoms. The van der Waals surface area contributed by atoms with Crippen LogP contribution in [-0.2, 0) is 19.2 Å². The van der Waals surface area contributed by atoms with E-state index in [0.29, 0.717) is 19.4 Å². The Hall–Kier alpha value is -2.37. The summed E-state index contributed by atoms with van der Waals surface area (Å²) in [6.07, 6.45) is -3.88. The number of amides is 4. The van der Waals surface area contributed by atoms with Crippen molar-refractivity contribution >= 4 is 24.6 Å². The highest BCUT2D eigenvalue weighted by Crippen LogP contribution is 2.13. The molecule has 12 heteroatoms. The summed E-state index contributed by atoms with van der Waals surface area (Å²) in [5.74, 6) is -2.32. The number of hydrogen-bond donors (Lipinski definition) is 4. The Kier molecular flexibility index (Phi) is 11.8. The first-order valence-corrected chi connectivity index (χ1v) is 7.49. The van der Waals surface area contributed by atoms with Crippen molar-refractivity contribution in [2.75, 3.05) is 45.8 Å². The lowest BCUT2D eigenvalue weighted by atomic mass is 10.3. The van der Waals surface area contributed by atoms with Gasteiger partial charge in [0.1, 0.15) is 0 Å². The van der Waals surface area contributed by atoms with Crippen molar-refractivity contribution in [2.24, 2.45) is 0 Å². The molecule has 144 valence electrons. The van der Waals surface area contributed by atoms with Crippen LogP contribution in [0.3, 0.4) is 0 Å². The number of nitrogens with zero attached hydrogens (tertiary/aromatic N) is 1. The molecule has 0 aromatic heterocycles. The van der Waals surface area contributed by atoms with E-state index in [1.165, 1.54) is 0 Å². The van der Waals surface area contributed by atoms with E-state index < -0.39 is 12.1 Å². The third-order valence-electron chi connectivity index (χ3n) is 2.96. The SMILES string of the molecule is O=CNCCNC(=O)CCN(CCNC=O)CCNC(=O)C(F)(F)F. The molecule has 0 aromatic rings. The lowest BCUT2D eigenvalue weighted by Gasteiger charge is -2.22. The number of alkyl halides is 3. The van der Waals surface area contributed by atoms with Gasteiger partial charge in [0.15, 0.2) is 0 Å². The Morgan fingerprint density at radius 1 is 0.840 bits per heavy atom. The highest BCUT2D eigenvalue weighted by molar-refractivity contribution is 5.81. The second-order valence-electron chi connectivity index (χ2n) is 4.84. The lowest BCUT2D eigenvalue weighted by molar-refractivity contribution is -0.173. The molecule has 0 aliphatic heterocycles. The van der Waals surface area contributed by atoms with E-state index in [9.17, 15) is 32.3 Å². The van der Waals surface area contributed by atoms with Crippen molar-refractivity contribution in [1.82, 2.24) is 26.2 Å². The van der Waals surface area contributed by atoms with Crippen LogP contribution in [0.5, 0.6) is 0 Å². The summed E-state index contributed by atoms with van der Waals surface area (Å²) in [5, 5.41) is 9.08. The quantitative estimate of drug-likeness (QED) is 0.208. The van der Waals surface area contributed by atoms with E-state index in [2.05, 4.69) is 16.0 Å². The molecule has 4 N–H and O–H groups in total. The number of carbonyl (C=O) groups excluding carboxylic acids is 4. The third kappa shape index (κ3) is 12.7. The molecule has 0 radical (unpaired) electrons. The number of hydrogen-bond acceptors (Lipinski definition) is 5. The average molecular weight is 369 g/mol. The van der Waals surface area contributed by atoms with Gasteiger partial charge in [-0.15, -0.1) is 0 Å². The highest BCUT2D eigenvalue weighted by Gasteiger charge is 2.38. The van der Waals surface area contributed by atoms with Gasteiger partial charge >= 0.3 is 12.1 Å². The average Bonchev–Trinajstić information content (AvgIpc) is 2.55. The second-order valence-corrected chi connectivity index (χ2v) is 4.84. The van der Waals surface area contributed by atoms with E-state index in [1.54, 1.807) is 10.2 Å². The van der Waals surface area contributed by atoms with Crippen molar-refractivity contribution in [3.05, 3.63) is 0 Å². The van der Waals surface area contributed by atoms with Crippen molar-refractivity contribution in [1.29, 1.82) is 0 Å². The Morgan fingerprint density at radius 2 is 1.44 bits per heavy atom. The zero-order valence-electron chi connectivity index (χ0n) is 13.5. The van der Waals surface area contributed by atoms with E-state index >= 15 is 0 Å². The normalized spacial score (nSPS) is 10.9. The number of halogens is 3. The van der Waals surface area contributed by atoms with Gasteiger partial charge in [-0.3, -0.25) is 24.1 Å². The standard InChI is InChI=1S/C13H22F3N5O4/c14-13(15,16)12(25)20-5-8-21(7-4-18-10-23)6-1-11(24)19-3-2-17-9-22/h9-10H,1-8H2,(H,17,22)(H,18,23)(H,19,24)(H,20,25). The fourth-order valence-corrected chi connectivity index (χ4v) is 1.73. The molecule has 0 aromatic carbocycles. The summed E-state index contributed by atoms with van der Waals surface area (Å²) in [4.78, 5) is 44.3. The maximum atomic E-state index is 12.1. The van der Waals surface area contributed by atoms with Crippen LogP contribution in [-0.4, -0.2) is 81.5 Å². The fourth-order valence-electron chi connectivity index (χ4n) is 1.73. The van der Waals surface area contributed by atoms with E-state index in [-0.39, 0.29) is 51.6 Å². The number of carbonyl (C=O) groups is 4. The largest absolute Gasteiger partial charge is 0.471 e. The summed E-state index contributed by atoms with van der Waals surface area (Å²) < 4.78 is 36.3. The molecular weight excluding hydrogens is 347 g/mol. The molecule has 0 atom stereocenters. The number of nitrogens with one attached hydrogen (secondary N) is 4. The van der Waals surface area contributed by atoms with Crippen LogP contribution < -0.4 is 21.3 Å². The summed E-state index contributed by atoms with van der Waals surface area (Å²) >= 11 is 0. The van der Waals surface area contributed by atoms with Gasteiger partial charge in [-0.05, 0) is 0 Å². The van der Waals surface area contributed by atoms with Gasteiger partial charge in [-0.1, -0.05) is 0 Å². The minimum Gasteiger partial charge on any atom is -0.357 e. The van der Waals surface area contributed by atoms with Crippen LogP contribution in [0.1, 0.15) is 6.42 Å². The molecule has 0 aliphatic carbocycles. The first-order chi connectivity index (χ1) is 11.8. The zero-order valence-corrected chi connectivity index (χ0v) is 13.5. The molecule has 0 heterocycles. The predicted molar refractivity (Wildman–Crippen MR) is 81.3 cm³/mol. The van der Waals surface area contributed by atoms with Crippen LogP contribution >= 0.6 is 0 Å². The minimum atomic E-state index is -4.95. The molecule has 4 amide bonds. The van der Waals surface area contributed by atoms with Gasteiger partial charge in [-0.25, -0.2) is 0 Å². The Balaban J connectivity index is 4.19. The van der Waals surface area contributed by atoms with Crippen molar-refractivity contribution in [2.45, 2.75) is 12.6 Å². The molecule has 0 bridgehead atoms. The number of rotatable bonds is 14. The summed E-state index contributed by atoms with van der Waals surface area (Å²) in [7, 11) is 0. The first-order valence-electron chi connectivity index (χ1n) is 7.49. The van der Waals surface area contributed by atoms with Gasteiger partial charge in [0.05, 0.1) is 0 Å². The second kappa shape index (κ2) is 13.0. The van der Waals surface area contributed by atoms with Crippen LogP contribution in [0.25, 0.3) is 0 Å². The molecule has 0 rings (SSSR count). The Bertz CT molecular complexity index is 434. The maximum Gasteiger partial charge on any atom is 0.471 e. The van der Waals surface area contributed by atoms with Crippen LogP contribution in [0.4, 0.5) is 13.2 Å². The van der Waals surface area contributed by atoms with E-state index in [1.807, 2.05) is 0 Å². The van der Waals surface area contributed by atoms with Crippen LogP contribution in [0.15, 0.2) is 0 Å². The van der Waals surface area contributed by atoms with Gasteiger partial charge in [0, 0.05) is 52.2 Å². The smallest absolute Gasteiger partial charge is 0.357 e. The Morgan fingerprint density at radius 3 is 2.04 bits per heavy atom. The Labute approximate surface area is 142 Å². The zero-order chi connectivity index (χ0) is 19.1. The molecule has 0 aliphatic rings. The fraction of sp³-hybridized carbons (Fsp3) is 0.692. The third-order valence-corrected chi connectivity index (χ3v) is 2.96. The molecular formula is C13H22F3N5O4. The predicted octanol–water partition coefficient (Wildman–Crippen LogP) is -2.03. The van der Waals surface area contributed by atoms with Crippen molar-refractivity contribution in [3.63, 3.8) is 0 Å². The topological polar surface area (TPSA) is 120 Å². The molecule has 0 unspecified atom stereocenters. The maximum absolute atomic E-state index is 12.1. The molecule has 0 fully saturated rings. The first kappa shape index (κ1) is 22.6. The molecule has 0 saturated carbocycles. The van der Waals surface area contributed by atoms with E-state index in [0.717, 1.165) is 0 Å². The van der Waals surface area contributed by atoms with Crippen molar-refractivity contribution in [3.8, 4) is 0 Å². The van der Waals surface area contributed by atoms with Crippen LogP contribution in [0.2, 0.25) is 0 Å². The van der Waals surface area contributed by atoms with Gasteiger partial charge in [-0.2, -0.15) is 13.2 Å². The molecule has 0 saturated heterocycles. The molecule has 0 spiro atoms.